The molecule has 0 bridgehead atoms. The molecule has 1 unspecified atom stereocenters. The van der Waals surface area contributed by atoms with Gasteiger partial charge in [0.1, 0.15) is 6.04 Å². The highest BCUT2D eigenvalue weighted by atomic mass is 35.5. The highest BCUT2D eigenvalue weighted by Gasteiger charge is 2.16. The molecule has 1 amide bonds. The summed E-state index contributed by atoms with van der Waals surface area (Å²) in [4.78, 5) is 22.2. The van der Waals surface area contributed by atoms with Crippen LogP contribution in [0.25, 0.3) is 16.6 Å². The van der Waals surface area contributed by atoms with E-state index in [1.165, 1.54) is 6.07 Å². The van der Waals surface area contributed by atoms with E-state index in [0.717, 1.165) is 16.5 Å². The van der Waals surface area contributed by atoms with Crippen LogP contribution in [0, 0.1) is 4.91 Å². The highest BCUT2D eigenvalue weighted by Crippen LogP contribution is 2.33. The van der Waals surface area contributed by atoms with Crippen LogP contribution in [0.5, 0.6) is 0 Å². The van der Waals surface area contributed by atoms with Gasteiger partial charge in [0, 0.05) is 22.7 Å². The van der Waals surface area contributed by atoms with Gasteiger partial charge in [0.05, 0.1) is 16.2 Å². The zero-order chi connectivity index (χ0) is 16.6. The number of para-hydroxylation sites is 1. The first-order valence-corrected chi connectivity index (χ1v) is 7.43. The number of fused-ring (bicyclic) bond motifs is 1. The van der Waals surface area contributed by atoms with Crippen LogP contribution in [0.3, 0.4) is 0 Å². The summed E-state index contributed by atoms with van der Waals surface area (Å²) in [5.74, 6) is -0.532. The van der Waals surface area contributed by atoms with Crippen molar-refractivity contribution in [1.82, 2.24) is 4.57 Å². The van der Waals surface area contributed by atoms with Crippen molar-refractivity contribution in [2.24, 2.45) is 10.9 Å². The number of benzene rings is 2. The zero-order valence-corrected chi connectivity index (χ0v) is 13.1. The first-order valence-electron chi connectivity index (χ1n) is 7.05. The monoisotopic (exact) mass is 327 g/mol. The lowest BCUT2D eigenvalue weighted by atomic mass is 10.1. The van der Waals surface area contributed by atoms with Gasteiger partial charge >= 0.3 is 0 Å². The molecule has 3 aromatic rings. The average Bonchev–Trinajstić information content (AvgIpc) is 2.93. The number of hydrogen-bond donors (Lipinski definition) is 1. The molecule has 0 aliphatic rings. The molecule has 23 heavy (non-hydrogen) atoms. The first kappa shape index (κ1) is 15.2. The number of carbonyl (C=O) groups excluding carboxylic acids is 1. The summed E-state index contributed by atoms with van der Waals surface area (Å²) < 4.78 is 1.89. The lowest BCUT2D eigenvalue weighted by Crippen LogP contribution is -2.11. The van der Waals surface area contributed by atoms with Gasteiger partial charge in [-0.25, -0.2) is 0 Å². The van der Waals surface area contributed by atoms with Crippen molar-refractivity contribution < 1.29 is 4.79 Å². The maximum absolute atomic E-state index is 11.3. The van der Waals surface area contributed by atoms with Crippen LogP contribution in [-0.4, -0.2) is 10.5 Å². The standard InChI is InChI=1S/C17H14ClN3O2/c1-10(20-23)13-9-21(15-5-3-2-4-12(13)15)16-7-6-11(17(19)22)8-14(16)18/h2-10H,1H3,(H2,19,22). The number of amides is 1. The summed E-state index contributed by atoms with van der Waals surface area (Å²) in [6.45, 7) is 1.75. The normalized spacial score (nSPS) is 12.3. The largest absolute Gasteiger partial charge is 0.366 e. The summed E-state index contributed by atoms with van der Waals surface area (Å²) in [7, 11) is 0. The molecule has 0 fully saturated rings. The minimum absolute atomic E-state index is 0.346. The van der Waals surface area contributed by atoms with Crippen LogP contribution in [0.4, 0.5) is 0 Å². The van der Waals surface area contributed by atoms with E-state index >= 15 is 0 Å². The second-order valence-corrected chi connectivity index (χ2v) is 5.69. The molecule has 6 heteroatoms. The molecular weight excluding hydrogens is 314 g/mol. The number of aromatic nitrogens is 1. The third kappa shape index (κ3) is 2.59. The molecule has 0 saturated carbocycles. The Morgan fingerprint density at radius 3 is 2.65 bits per heavy atom. The quantitative estimate of drug-likeness (QED) is 0.728. The second-order valence-electron chi connectivity index (χ2n) is 5.28. The molecule has 5 nitrogen and oxygen atoms in total. The first-order chi connectivity index (χ1) is 11.0. The Bertz CT molecular complexity index is 917. The lowest BCUT2D eigenvalue weighted by Gasteiger charge is -2.09. The fourth-order valence-electron chi connectivity index (χ4n) is 2.65. The SMILES string of the molecule is CC(N=O)c1cn(-c2ccc(C(N)=O)cc2Cl)c2ccccc12. The Hall–Kier alpha value is -2.66. The van der Waals surface area contributed by atoms with Crippen LogP contribution in [0.1, 0.15) is 28.9 Å². The summed E-state index contributed by atoms with van der Waals surface area (Å²) in [6.07, 6.45) is 1.85. The van der Waals surface area contributed by atoms with Gasteiger partial charge in [-0.05, 0) is 31.2 Å². The molecule has 2 N–H and O–H groups in total. The number of nitroso groups, excluding NO2 is 1. The number of hydrogen-bond acceptors (Lipinski definition) is 3. The maximum Gasteiger partial charge on any atom is 0.248 e. The molecule has 0 aliphatic carbocycles. The summed E-state index contributed by atoms with van der Waals surface area (Å²) in [6, 6.07) is 12.1. The molecule has 3 rings (SSSR count). The number of nitrogens with two attached hydrogens (primary N) is 1. The fraction of sp³-hybridized carbons (Fsp3) is 0.118. The Morgan fingerprint density at radius 1 is 1.26 bits per heavy atom. The van der Waals surface area contributed by atoms with Crippen LogP contribution >= 0.6 is 11.6 Å². The molecule has 0 radical (unpaired) electrons. The van der Waals surface area contributed by atoms with Crippen molar-refractivity contribution >= 4 is 28.4 Å². The topological polar surface area (TPSA) is 77.4 Å². The van der Waals surface area contributed by atoms with E-state index in [1.807, 2.05) is 35.0 Å². The van der Waals surface area contributed by atoms with E-state index in [-0.39, 0.29) is 0 Å². The van der Waals surface area contributed by atoms with Crippen molar-refractivity contribution in [2.75, 3.05) is 0 Å². The van der Waals surface area contributed by atoms with Crippen molar-refractivity contribution in [3.05, 3.63) is 69.7 Å². The molecule has 0 saturated heterocycles. The van der Waals surface area contributed by atoms with E-state index < -0.39 is 11.9 Å². The molecule has 1 atom stereocenters. The van der Waals surface area contributed by atoms with Crippen molar-refractivity contribution in [3.8, 4) is 5.69 Å². The molecule has 116 valence electrons. The van der Waals surface area contributed by atoms with E-state index in [1.54, 1.807) is 19.1 Å². The van der Waals surface area contributed by atoms with E-state index in [0.29, 0.717) is 16.3 Å². The molecule has 0 spiro atoms. The van der Waals surface area contributed by atoms with Crippen molar-refractivity contribution in [2.45, 2.75) is 13.0 Å². The minimum atomic E-state index is -0.532. The molecule has 2 aromatic carbocycles. The van der Waals surface area contributed by atoms with Crippen LogP contribution in [0.2, 0.25) is 5.02 Å². The lowest BCUT2D eigenvalue weighted by molar-refractivity contribution is 0.100. The zero-order valence-electron chi connectivity index (χ0n) is 12.4. The van der Waals surface area contributed by atoms with Crippen molar-refractivity contribution in [3.63, 3.8) is 0 Å². The highest BCUT2D eigenvalue weighted by molar-refractivity contribution is 6.32. The van der Waals surface area contributed by atoms with E-state index in [2.05, 4.69) is 5.18 Å². The van der Waals surface area contributed by atoms with Gasteiger partial charge in [0.15, 0.2) is 0 Å². The summed E-state index contributed by atoms with van der Waals surface area (Å²) >= 11 is 6.32. The predicted molar refractivity (Wildman–Crippen MR) is 91.0 cm³/mol. The van der Waals surface area contributed by atoms with Gasteiger partial charge in [-0.15, -0.1) is 0 Å². The number of halogens is 1. The number of rotatable bonds is 4. The van der Waals surface area contributed by atoms with Gasteiger partial charge in [0.25, 0.3) is 0 Å². The van der Waals surface area contributed by atoms with Crippen molar-refractivity contribution in [1.29, 1.82) is 0 Å². The predicted octanol–water partition coefficient (Wildman–Crippen LogP) is 4.21. The Balaban J connectivity index is 2.25. The smallest absolute Gasteiger partial charge is 0.248 e. The maximum atomic E-state index is 11.3. The van der Waals surface area contributed by atoms with Crippen LogP contribution in [0.15, 0.2) is 53.8 Å². The average molecular weight is 328 g/mol. The Labute approximate surface area is 137 Å². The van der Waals surface area contributed by atoms with Gasteiger partial charge in [0.2, 0.25) is 5.91 Å². The Kier molecular flexibility index (Phi) is 3.88. The number of nitrogens with zero attached hydrogens (tertiary/aromatic N) is 2. The fourth-order valence-corrected chi connectivity index (χ4v) is 2.92. The molecule has 1 heterocycles. The number of carbonyl (C=O) groups is 1. The van der Waals surface area contributed by atoms with E-state index in [9.17, 15) is 9.70 Å². The van der Waals surface area contributed by atoms with Crippen LogP contribution in [-0.2, 0) is 0 Å². The minimum Gasteiger partial charge on any atom is -0.366 e. The third-order valence-corrected chi connectivity index (χ3v) is 4.15. The third-order valence-electron chi connectivity index (χ3n) is 3.84. The molecule has 1 aromatic heterocycles. The van der Waals surface area contributed by atoms with Crippen LogP contribution < -0.4 is 5.73 Å². The van der Waals surface area contributed by atoms with E-state index in [4.69, 9.17) is 17.3 Å². The number of primary amides is 1. The summed E-state index contributed by atoms with van der Waals surface area (Å²) in [5.41, 5.74) is 8.06. The Morgan fingerprint density at radius 2 is 2.00 bits per heavy atom. The second kappa shape index (κ2) is 5.85. The summed E-state index contributed by atoms with van der Waals surface area (Å²) in [5, 5.41) is 4.46. The molecular formula is C17H14ClN3O2. The van der Waals surface area contributed by atoms with Gasteiger partial charge in [-0.2, -0.15) is 4.91 Å². The van der Waals surface area contributed by atoms with Gasteiger partial charge in [-0.3, -0.25) is 4.79 Å². The van der Waals surface area contributed by atoms with Gasteiger partial charge in [-0.1, -0.05) is 35.0 Å². The van der Waals surface area contributed by atoms with Gasteiger partial charge < -0.3 is 10.3 Å². The molecule has 0 aliphatic heterocycles.